The Labute approximate surface area is 146 Å². The molecule has 0 radical (unpaired) electrons. The molecule has 1 aromatic rings. The predicted octanol–water partition coefficient (Wildman–Crippen LogP) is 4.66. The first kappa shape index (κ1) is 22.5. The van der Waals surface area contributed by atoms with Crippen LogP contribution in [0.15, 0.2) is 41.5 Å². The summed E-state index contributed by atoms with van der Waals surface area (Å²) in [6.45, 7) is 1.13. The molecule has 1 amide bonds. The van der Waals surface area contributed by atoms with Crippen LogP contribution in [0, 0.1) is 0 Å². The van der Waals surface area contributed by atoms with Gasteiger partial charge >= 0.3 is 29.9 Å². The SMILES string of the molecule is CC(/C=C/c1ccccc1)=N\NC(=O)C(F)(F)C(F)(F)C(F)(F)C(F)(F)F. The summed E-state index contributed by atoms with van der Waals surface area (Å²) in [4.78, 5) is 11.1. The second kappa shape index (κ2) is 7.61. The van der Waals surface area contributed by atoms with E-state index in [0.29, 0.717) is 5.56 Å². The monoisotopic (exact) mass is 406 g/mol. The number of amides is 1. The van der Waals surface area contributed by atoms with E-state index in [1.54, 1.807) is 30.3 Å². The molecule has 27 heavy (non-hydrogen) atoms. The normalized spacial score (nSPS) is 14.5. The minimum Gasteiger partial charge on any atom is -0.266 e. The molecule has 0 aliphatic rings. The van der Waals surface area contributed by atoms with Gasteiger partial charge in [-0.15, -0.1) is 0 Å². The number of rotatable bonds is 6. The van der Waals surface area contributed by atoms with Crippen LogP contribution < -0.4 is 5.43 Å². The van der Waals surface area contributed by atoms with Gasteiger partial charge in [0.1, 0.15) is 0 Å². The number of hydrogen-bond donors (Lipinski definition) is 1. The average molecular weight is 406 g/mol. The summed E-state index contributed by atoms with van der Waals surface area (Å²) in [6.07, 6.45) is -4.47. The van der Waals surface area contributed by atoms with Gasteiger partial charge in [0.25, 0.3) is 0 Å². The average Bonchev–Trinajstić information content (AvgIpc) is 2.57. The molecule has 0 aromatic heterocycles. The first-order valence-corrected chi connectivity index (χ1v) is 6.92. The standard InChI is InChI=1S/C15H11F9N2O/c1-9(7-8-10-5-3-2-4-6-10)25-26-11(27)12(16,17)13(18,19)14(20,21)15(22,23)24/h2-8H,1H3,(H,26,27)/b8-7+,25-9+. The molecule has 0 aliphatic carbocycles. The fourth-order valence-electron chi connectivity index (χ4n) is 1.55. The Morgan fingerprint density at radius 1 is 0.926 bits per heavy atom. The van der Waals surface area contributed by atoms with E-state index in [4.69, 9.17) is 0 Å². The number of nitrogens with one attached hydrogen (secondary N) is 1. The van der Waals surface area contributed by atoms with Gasteiger partial charge in [0.05, 0.1) is 5.71 Å². The molecular formula is C15H11F9N2O. The Balaban J connectivity index is 2.95. The number of nitrogens with zero attached hydrogens (tertiary/aromatic N) is 1. The number of carbonyl (C=O) groups is 1. The fraction of sp³-hybridized carbons (Fsp3) is 0.333. The van der Waals surface area contributed by atoms with E-state index in [2.05, 4.69) is 5.10 Å². The Morgan fingerprint density at radius 3 is 1.93 bits per heavy atom. The van der Waals surface area contributed by atoms with Crippen LogP contribution in [0.4, 0.5) is 39.5 Å². The van der Waals surface area contributed by atoms with Gasteiger partial charge in [0, 0.05) is 0 Å². The van der Waals surface area contributed by atoms with E-state index in [1.807, 2.05) is 0 Å². The number of hydrogen-bond acceptors (Lipinski definition) is 2. The van der Waals surface area contributed by atoms with Crippen LogP contribution in [0.25, 0.3) is 6.08 Å². The zero-order valence-electron chi connectivity index (χ0n) is 13.3. The van der Waals surface area contributed by atoms with Crippen LogP contribution in [0.5, 0.6) is 0 Å². The van der Waals surface area contributed by atoms with Crippen LogP contribution in [-0.4, -0.2) is 35.6 Å². The second-order valence-electron chi connectivity index (χ2n) is 5.16. The maximum atomic E-state index is 13.3. The molecule has 0 fully saturated rings. The second-order valence-corrected chi connectivity index (χ2v) is 5.16. The predicted molar refractivity (Wildman–Crippen MR) is 77.6 cm³/mol. The minimum absolute atomic E-state index is 0.228. The van der Waals surface area contributed by atoms with Crippen LogP contribution in [0.2, 0.25) is 0 Å². The number of allylic oxidation sites excluding steroid dienone is 1. The number of halogens is 9. The molecule has 0 saturated heterocycles. The maximum Gasteiger partial charge on any atom is 0.460 e. The van der Waals surface area contributed by atoms with Crippen LogP contribution in [0.1, 0.15) is 12.5 Å². The van der Waals surface area contributed by atoms with Gasteiger partial charge < -0.3 is 0 Å². The zero-order valence-corrected chi connectivity index (χ0v) is 13.3. The van der Waals surface area contributed by atoms with Crippen LogP contribution in [0.3, 0.4) is 0 Å². The number of alkyl halides is 9. The lowest BCUT2D eigenvalue weighted by molar-refractivity contribution is -0.388. The van der Waals surface area contributed by atoms with Crippen molar-refractivity contribution in [2.45, 2.75) is 30.9 Å². The number of benzene rings is 1. The van der Waals surface area contributed by atoms with Gasteiger partial charge in [0.15, 0.2) is 0 Å². The molecular weight excluding hydrogens is 395 g/mol. The molecule has 1 rings (SSSR count). The number of hydrazone groups is 1. The Bertz CT molecular complexity index is 725. The van der Waals surface area contributed by atoms with Crippen molar-refractivity contribution in [3.05, 3.63) is 42.0 Å². The van der Waals surface area contributed by atoms with Crippen molar-refractivity contribution in [3.63, 3.8) is 0 Å². The lowest BCUT2D eigenvalue weighted by Crippen LogP contribution is -2.64. The van der Waals surface area contributed by atoms with Crippen molar-refractivity contribution < 1.29 is 44.3 Å². The third-order valence-corrected chi connectivity index (χ3v) is 3.08. The van der Waals surface area contributed by atoms with E-state index in [9.17, 15) is 44.3 Å². The summed E-state index contributed by atoms with van der Waals surface area (Å²) in [6, 6.07) is 8.23. The van der Waals surface area contributed by atoms with Crippen molar-refractivity contribution in [1.29, 1.82) is 0 Å². The summed E-state index contributed by atoms with van der Waals surface area (Å²) >= 11 is 0. The molecule has 150 valence electrons. The summed E-state index contributed by atoms with van der Waals surface area (Å²) in [7, 11) is 0. The van der Waals surface area contributed by atoms with E-state index in [1.165, 1.54) is 6.08 Å². The van der Waals surface area contributed by atoms with Gasteiger partial charge in [-0.1, -0.05) is 36.4 Å². The molecule has 0 aliphatic heterocycles. The van der Waals surface area contributed by atoms with E-state index in [-0.39, 0.29) is 5.71 Å². The van der Waals surface area contributed by atoms with E-state index in [0.717, 1.165) is 18.4 Å². The summed E-state index contributed by atoms with van der Waals surface area (Å²) in [5.41, 5.74) is 1.24. The molecule has 1 N–H and O–H groups in total. The molecule has 0 saturated carbocycles. The highest BCUT2D eigenvalue weighted by Gasteiger charge is 2.83. The third-order valence-electron chi connectivity index (χ3n) is 3.08. The van der Waals surface area contributed by atoms with Gasteiger partial charge in [-0.3, -0.25) is 4.79 Å². The number of carbonyl (C=O) groups excluding carboxylic acids is 1. The van der Waals surface area contributed by atoms with Crippen LogP contribution >= 0.6 is 0 Å². The molecule has 0 bridgehead atoms. The lowest BCUT2D eigenvalue weighted by atomic mass is 10.0. The molecule has 12 heteroatoms. The third kappa shape index (κ3) is 4.61. The quantitative estimate of drug-likeness (QED) is 0.417. The summed E-state index contributed by atoms with van der Waals surface area (Å²) in [5, 5.41) is 2.95. The smallest absolute Gasteiger partial charge is 0.266 e. The van der Waals surface area contributed by atoms with Gasteiger partial charge in [-0.05, 0) is 18.6 Å². The van der Waals surface area contributed by atoms with Gasteiger partial charge in [-0.25, -0.2) is 5.43 Å². The van der Waals surface area contributed by atoms with E-state index >= 15 is 0 Å². The Hall–Kier alpha value is -2.53. The van der Waals surface area contributed by atoms with Crippen molar-refractivity contribution in [2.24, 2.45) is 5.10 Å². The van der Waals surface area contributed by atoms with Crippen molar-refractivity contribution in [1.82, 2.24) is 5.43 Å². The highest BCUT2D eigenvalue weighted by atomic mass is 19.4. The Kier molecular flexibility index (Phi) is 6.34. The fourth-order valence-corrected chi connectivity index (χ4v) is 1.55. The van der Waals surface area contributed by atoms with Gasteiger partial charge in [-0.2, -0.15) is 44.6 Å². The largest absolute Gasteiger partial charge is 0.460 e. The highest BCUT2D eigenvalue weighted by molar-refractivity contribution is 5.97. The topological polar surface area (TPSA) is 41.5 Å². The molecule has 3 nitrogen and oxygen atoms in total. The zero-order chi connectivity index (χ0) is 21.1. The first-order valence-electron chi connectivity index (χ1n) is 6.92. The Morgan fingerprint density at radius 2 is 1.44 bits per heavy atom. The maximum absolute atomic E-state index is 13.3. The molecule has 0 spiro atoms. The summed E-state index contributed by atoms with van der Waals surface area (Å²) < 4.78 is 114. The molecule has 0 atom stereocenters. The molecule has 1 aromatic carbocycles. The minimum atomic E-state index is -7.15. The first-order chi connectivity index (χ1) is 12.1. The lowest BCUT2D eigenvalue weighted by Gasteiger charge is -2.32. The van der Waals surface area contributed by atoms with Crippen molar-refractivity contribution in [2.75, 3.05) is 0 Å². The summed E-state index contributed by atoms with van der Waals surface area (Å²) in [5.74, 6) is -23.7. The van der Waals surface area contributed by atoms with E-state index < -0.39 is 29.9 Å². The molecule has 0 heterocycles. The van der Waals surface area contributed by atoms with Gasteiger partial charge in [0.2, 0.25) is 0 Å². The highest BCUT2D eigenvalue weighted by Crippen LogP contribution is 2.53. The van der Waals surface area contributed by atoms with Crippen molar-refractivity contribution >= 4 is 17.7 Å². The van der Waals surface area contributed by atoms with Crippen LogP contribution in [-0.2, 0) is 4.79 Å². The van der Waals surface area contributed by atoms with Crippen molar-refractivity contribution in [3.8, 4) is 0 Å². The molecule has 0 unspecified atom stereocenters.